The molecule has 0 aliphatic carbocycles. The van der Waals surface area contributed by atoms with Crippen LogP contribution in [0.5, 0.6) is 0 Å². The van der Waals surface area contributed by atoms with Crippen LogP contribution < -0.4 is 10.9 Å². The molecule has 5 nitrogen and oxygen atoms in total. The van der Waals surface area contributed by atoms with Gasteiger partial charge in [-0.1, -0.05) is 18.7 Å². The van der Waals surface area contributed by atoms with Gasteiger partial charge in [-0.15, -0.1) is 0 Å². The van der Waals surface area contributed by atoms with E-state index < -0.39 is 0 Å². The van der Waals surface area contributed by atoms with Gasteiger partial charge in [0.05, 0.1) is 6.04 Å². The van der Waals surface area contributed by atoms with Crippen molar-refractivity contribution in [1.29, 1.82) is 0 Å². The zero-order valence-electron chi connectivity index (χ0n) is 10.6. The molecule has 18 heavy (non-hydrogen) atoms. The smallest absolute Gasteiger partial charge is 0.254 e. The molecule has 1 aliphatic rings. The Labute approximate surface area is 110 Å². The molecule has 1 atom stereocenters. The quantitative estimate of drug-likeness (QED) is 0.826. The van der Waals surface area contributed by atoms with Crippen LogP contribution in [-0.4, -0.2) is 27.8 Å². The third-order valence-corrected chi connectivity index (χ3v) is 4.00. The fourth-order valence-electron chi connectivity index (χ4n) is 2.01. The van der Waals surface area contributed by atoms with Gasteiger partial charge in [-0.05, 0) is 13.3 Å². The van der Waals surface area contributed by atoms with Crippen LogP contribution in [0.1, 0.15) is 32.0 Å². The Kier molecular flexibility index (Phi) is 4.06. The second-order valence-corrected chi connectivity index (χ2v) is 5.20. The number of nitrogens with one attached hydrogen (secondary N) is 1. The number of rotatable bonds is 4. The summed E-state index contributed by atoms with van der Waals surface area (Å²) >= 11 is 1.55. The van der Waals surface area contributed by atoms with Crippen molar-refractivity contribution in [3.05, 3.63) is 22.1 Å². The van der Waals surface area contributed by atoms with E-state index in [0.717, 1.165) is 23.0 Å². The molecule has 1 N–H and O–H groups in total. The van der Waals surface area contributed by atoms with Crippen LogP contribution in [0.2, 0.25) is 0 Å². The summed E-state index contributed by atoms with van der Waals surface area (Å²) in [5, 5.41) is 3.51. The van der Waals surface area contributed by atoms with Gasteiger partial charge in [0, 0.05) is 30.5 Å². The molecule has 1 amide bonds. The van der Waals surface area contributed by atoms with Gasteiger partial charge >= 0.3 is 0 Å². The Bertz CT molecular complexity index is 513. The van der Waals surface area contributed by atoms with Crippen molar-refractivity contribution in [1.82, 2.24) is 14.9 Å². The zero-order valence-corrected chi connectivity index (χ0v) is 11.4. The molecule has 1 unspecified atom stereocenters. The Hall–Kier alpha value is -1.30. The number of carbonyl (C=O) groups is 1. The van der Waals surface area contributed by atoms with E-state index in [9.17, 15) is 9.59 Å². The van der Waals surface area contributed by atoms with Gasteiger partial charge in [-0.25, -0.2) is 4.98 Å². The van der Waals surface area contributed by atoms with E-state index in [1.54, 1.807) is 22.4 Å². The van der Waals surface area contributed by atoms with Crippen molar-refractivity contribution in [2.24, 2.45) is 0 Å². The van der Waals surface area contributed by atoms with Crippen molar-refractivity contribution >= 4 is 17.7 Å². The minimum absolute atomic E-state index is 0.0116. The van der Waals surface area contributed by atoms with Gasteiger partial charge in [0.1, 0.15) is 0 Å². The normalized spacial score (nSPS) is 17.6. The molecule has 1 aliphatic heterocycles. The molecular formula is C12H17N3O2S. The van der Waals surface area contributed by atoms with E-state index in [1.807, 2.05) is 13.8 Å². The SMILES string of the molecule is CCNC(=O)CC1CSc2nc(CC)cc(=O)n21. The van der Waals surface area contributed by atoms with Gasteiger partial charge in [-0.3, -0.25) is 14.2 Å². The Morgan fingerprint density at radius 2 is 2.39 bits per heavy atom. The van der Waals surface area contributed by atoms with E-state index in [2.05, 4.69) is 10.3 Å². The van der Waals surface area contributed by atoms with Crippen LogP contribution in [0.15, 0.2) is 16.0 Å². The van der Waals surface area contributed by atoms with E-state index in [0.29, 0.717) is 13.0 Å². The van der Waals surface area contributed by atoms with E-state index in [1.165, 1.54) is 0 Å². The van der Waals surface area contributed by atoms with Crippen LogP contribution in [-0.2, 0) is 11.2 Å². The topological polar surface area (TPSA) is 64.0 Å². The van der Waals surface area contributed by atoms with Crippen molar-refractivity contribution in [2.75, 3.05) is 12.3 Å². The largest absolute Gasteiger partial charge is 0.356 e. The van der Waals surface area contributed by atoms with Gasteiger partial charge in [0.25, 0.3) is 5.56 Å². The molecule has 0 fully saturated rings. The highest BCUT2D eigenvalue weighted by atomic mass is 32.2. The van der Waals surface area contributed by atoms with Crippen molar-refractivity contribution < 1.29 is 4.79 Å². The van der Waals surface area contributed by atoms with Crippen molar-refractivity contribution in [3.8, 4) is 0 Å². The predicted octanol–water partition coefficient (Wildman–Crippen LogP) is 0.979. The molecule has 0 bridgehead atoms. The summed E-state index contributed by atoms with van der Waals surface area (Å²) in [7, 11) is 0. The average Bonchev–Trinajstić information content (AvgIpc) is 2.73. The van der Waals surface area contributed by atoms with Crippen LogP contribution >= 0.6 is 11.8 Å². The first-order chi connectivity index (χ1) is 8.65. The summed E-state index contributed by atoms with van der Waals surface area (Å²) in [5.74, 6) is 0.731. The van der Waals surface area contributed by atoms with Gasteiger partial charge in [0.2, 0.25) is 5.91 Å². The number of hydrogen-bond donors (Lipinski definition) is 1. The first-order valence-corrected chi connectivity index (χ1v) is 7.16. The molecule has 0 saturated heterocycles. The van der Waals surface area contributed by atoms with Crippen LogP contribution in [0.3, 0.4) is 0 Å². The van der Waals surface area contributed by atoms with Crippen molar-refractivity contribution in [3.63, 3.8) is 0 Å². The third-order valence-electron chi connectivity index (χ3n) is 2.90. The molecule has 0 spiro atoms. The number of thioether (sulfide) groups is 1. The maximum Gasteiger partial charge on any atom is 0.254 e. The molecule has 98 valence electrons. The van der Waals surface area contributed by atoms with Crippen LogP contribution in [0.4, 0.5) is 0 Å². The lowest BCUT2D eigenvalue weighted by Gasteiger charge is -2.12. The molecule has 0 radical (unpaired) electrons. The number of carbonyl (C=O) groups excluding carboxylic acids is 1. The highest BCUT2D eigenvalue weighted by molar-refractivity contribution is 7.99. The fraction of sp³-hybridized carbons (Fsp3) is 0.583. The Morgan fingerprint density at radius 3 is 3.06 bits per heavy atom. The predicted molar refractivity (Wildman–Crippen MR) is 70.9 cm³/mol. The van der Waals surface area contributed by atoms with Crippen LogP contribution in [0, 0.1) is 0 Å². The maximum atomic E-state index is 12.0. The van der Waals surface area contributed by atoms with E-state index in [-0.39, 0.29) is 17.5 Å². The summed E-state index contributed by atoms with van der Waals surface area (Å²) in [5.41, 5.74) is 0.772. The van der Waals surface area contributed by atoms with Gasteiger partial charge in [-0.2, -0.15) is 0 Å². The number of amides is 1. The first-order valence-electron chi connectivity index (χ1n) is 6.17. The molecule has 2 heterocycles. The molecule has 6 heteroatoms. The average molecular weight is 267 g/mol. The van der Waals surface area contributed by atoms with Gasteiger partial charge in [0.15, 0.2) is 5.16 Å². The first kappa shape index (κ1) is 13.1. The van der Waals surface area contributed by atoms with E-state index in [4.69, 9.17) is 0 Å². The molecule has 2 rings (SSSR count). The molecule has 1 aromatic heterocycles. The second kappa shape index (κ2) is 5.56. The number of aromatic nitrogens is 2. The molecule has 0 aromatic carbocycles. The summed E-state index contributed by atoms with van der Waals surface area (Å²) in [6.45, 7) is 4.48. The van der Waals surface area contributed by atoms with Gasteiger partial charge < -0.3 is 5.32 Å². The monoisotopic (exact) mass is 267 g/mol. The lowest BCUT2D eigenvalue weighted by atomic mass is 10.2. The molecule has 0 saturated carbocycles. The summed E-state index contributed by atoms with van der Waals surface area (Å²) in [4.78, 5) is 28.0. The number of fused-ring (bicyclic) bond motifs is 1. The Morgan fingerprint density at radius 1 is 1.61 bits per heavy atom. The summed E-state index contributed by atoms with van der Waals surface area (Å²) in [6, 6.07) is 1.50. The fourth-order valence-corrected chi connectivity index (χ4v) is 3.18. The van der Waals surface area contributed by atoms with E-state index >= 15 is 0 Å². The lowest BCUT2D eigenvalue weighted by Crippen LogP contribution is -2.30. The standard InChI is InChI=1S/C12H17N3O2S/c1-3-8-5-11(17)15-9(6-10(16)13-4-2)7-18-12(15)14-8/h5,9H,3-4,6-7H2,1-2H3,(H,13,16). The van der Waals surface area contributed by atoms with Crippen molar-refractivity contribution in [2.45, 2.75) is 37.9 Å². The number of hydrogen-bond acceptors (Lipinski definition) is 4. The third kappa shape index (κ3) is 2.58. The maximum absolute atomic E-state index is 12.0. The minimum atomic E-state index is -0.0672. The number of nitrogens with zero attached hydrogens (tertiary/aromatic N) is 2. The lowest BCUT2D eigenvalue weighted by molar-refractivity contribution is -0.121. The highest BCUT2D eigenvalue weighted by Gasteiger charge is 2.27. The summed E-state index contributed by atoms with van der Waals surface area (Å²) < 4.78 is 1.65. The molecular weight excluding hydrogens is 250 g/mol. The zero-order chi connectivity index (χ0) is 13.1. The number of aryl methyl sites for hydroxylation is 1. The second-order valence-electron chi connectivity index (χ2n) is 4.21. The molecule has 1 aromatic rings. The Balaban J connectivity index is 2.23. The summed E-state index contributed by atoms with van der Waals surface area (Å²) in [6.07, 6.45) is 1.10. The minimum Gasteiger partial charge on any atom is -0.356 e. The van der Waals surface area contributed by atoms with Crippen LogP contribution in [0.25, 0.3) is 0 Å². The highest BCUT2D eigenvalue weighted by Crippen LogP contribution is 2.31.